The van der Waals surface area contributed by atoms with E-state index in [1.165, 1.54) is 0 Å². The number of nitrogens with one attached hydrogen (secondary N) is 1. The molecule has 1 amide bonds. The van der Waals surface area contributed by atoms with Gasteiger partial charge in [-0.1, -0.05) is 22.0 Å². The molecule has 0 aliphatic rings. The van der Waals surface area contributed by atoms with Crippen LogP contribution >= 0.6 is 15.9 Å². The van der Waals surface area contributed by atoms with Crippen molar-refractivity contribution >= 4 is 21.8 Å². The molecular weight excluding hydrogens is 232 g/mol. The summed E-state index contributed by atoms with van der Waals surface area (Å²) in [4.78, 5) is 14.9. The number of amides is 1. The SMILES string of the molecule is CC(Br)C(=O)NCc1cccnc1. The second kappa shape index (κ2) is 4.97. The van der Waals surface area contributed by atoms with Gasteiger partial charge in [-0.25, -0.2) is 0 Å². The maximum atomic E-state index is 11.1. The van der Waals surface area contributed by atoms with Gasteiger partial charge in [-0.2, -0.15) is 0 Å². The van der Waals surface area contributed by atoms with E-state index in [9.17, 15) is 4.79 Å². The summed E-state index contributed by atoms with van der Waals surface area (Å²) in [6.45, 7) is 2.32. The minimum atomic E-state index is -0.149. The Bertz CT molecular complexity index is 274. The van der Waals surface area contributed by atoms with E-state index in [4.69, 9.17) is 0 Å². The third-order valence-corrected chi connectivity index (χ3v) is 1.97. The molecule has 0 saturated heterocycles. The molecule has 13 heavy (non-hydrogen) atoms. The fraction of sp³-hybridized carbons (Fsp3) is 0.333. The zero-order valence-corrected chi connectivity index (χ0v) is 8.91. The van der Waals surface area contributed by atoms with Crippen LogP contribution in [0.3, 0.4) is 0 Å². The fourth-order valence-corrected chi connectivity index (χ4v) is 0.994. The topological polar surface area (TPSA) is 42.0 Å². The van der Waals surface area contributed by atoms with Crippen LogP contribution in [0, 0.1) is 0 Å². The van der Waals surface area contributed by atoms with E-state index in [1.807, 2.05) is 12.1 Å². The van der Waals surface area contributed by atoms with Gasteiger partial charge in [0.2, 0.25) is 5.91 Å². The molecule has 4 heteroatoms. The van der Waals surface area contributed by atoms with Crippen LogP contribution in [0.25, 0.3) is 0 Å². The molecule has 0 bridgehead atoms. The quantitative estimate of drug-likeness (QED) is 0.817. The molecule has 1 rings (SSSR count). The molecule has 0 radical (unpaired) electrons. The van der Waals surface area contributed by atoms with Gasteiger partial charge in [-0.15, -0.1) is 0 Å². The minimum Gasteiger partial charge on any atom is -0.351 e. The first-order valence-electron chi connectivity index (χ1n) is 4.01. The van der Waals surface area contributed by atoms with Crippen LogP contribution in [0.1, 0.15) is 12.5 Å². The van der Waals surface area contributed by atoms with Crippen LogP contribution in [0.4, 0.5) is 0 Å². The highest BCUT2D eigenvalue weighted by atomic mass is 79.9. The van der Waals surface area contributed by atoms with Gasteiger partial charge >= 0.3 is 0 Å². The van der Waals surface area contributed by atoms with Crippen molar-refractivity contribution in [2.75, 3.05) is 0 Å². The monoisotopic (exact) mass is 242 g/mol. The molecule has 0 spiro atoms. The van der Waals surface area contributed by atoms with Crippen molar-refractivity contribution in [1.82, 2.24) is 10.3 Å². The largest absolute Gasteiger partial charge is 0.351 e. The summed E-state index contributed by atoms with van der Waals surface area (Å²) in [6.07, 6.45) is 3.44. The number of nitrogens with zero attached hydrogens (tertiary/aromatic N) is 1. The van der Waals surface area contributed by atoms with Gasteiger partial charge in [0.25, 0.3) is 0 Å². The Morgan fingerprint density at radius 1 is 1.77 bits per heavy atom. The first-order chi connectivity index (χ1) is 6.20. The van der Waals surface area contributed by atoms with Gasteiger partial charge in [0.15, 0.2) is 0 Å². The molecule has 1 N–H and O–H groups in total. The van der Waals surface area contributed by atoms with E-state index in [2.05, 4.69) is 26.2 Å². The number of halogens is 1. The Hall–Kier alpha value is -0.900. The van der Waals surface area contributed by atoms with Crippen LogP contribution in [0.15, 0.2) is 24.5 Å². The Morgan fingerprint density at radius 3 is 3.08 bits per heavy atom. The number of carbonyl (C=O) groups is 1. The van der Waals surface area contributed by atoms with Gasteiger partial charge in [0.05, 0.1) is 4.83 Å². The number of hydrogen-bond donors (Lipinski definition) is 1. The van der Waals surface area contributed by atoms with Crippen LogP contribution in [0.2, 0.25) is 0 Å². The van der Waals surface area contributed by atoms with Crippen LogP contribution < -0.4 is 5.32 Å². The molecule has 1 aromatic heterocycles. The minimum absolute atomic E-state index is 0.0103. The number of hydrogen-bond acceptors (Lipinski definition) is 2. The second-order valence-corrected chi connectivity index (χ2v) is 4.07. The third kappa shape index (κ3) is 3.55. The molecule has 0 aromatic carbocycles. The first-order valence-corrected chi connectivity index (χ1v) is 4.92. The fourth-order valence-electron chi connectivity index (χ4n) is 0.833. The van der Waals surface area contributed by atoms with Crippen LogP contribution in [0.5, 0.6) is 0 Å². The second-order valence-electron chi connectivity index (χ2n) is 2.70. The molecule has 1 heterocycles. The molecule has 70 valence electrons. The van der Waals surface area contributed by atoms with Crippen molar-refractivity contribution < 1.29 is 4.79 Å². The Labute approximate surface area is 85.7 Å². The summed E-state index contributed by atoms with van der Waals surface area (Å²) in [7, 11) is 0. The van der Waals surface area contributed by atoms with E-state index in [-0.39, 0.29) is 10.7 Å². The molecule has 1 atom stereocenters. The number of aromatic nitrogens is 1. The molecule has 3 nitrogen and oxygen atoms in total. The molecule has 0 saturated carbocycles. The normalized spacial score (nSPS) is 12.2. The number of carbonyl (C=O) groups excluding carboxylic acids is 1. The third-order valence-electron chi connectivity index (χ3n) is 1.55. The summed E-state index contributed by atoms with van der Waals surface area (Å²) >= 11 is 3.19. The van der Waals surface area contributed by atoms with E-state index in [1.54, 1.807) is 19.3 Å². The lowest BCUT2D eigenvalue weighted by Crippen LogP contribution is -2.28. The smallest absolute Gasteiger partial charge is 0.233 e. The highest BCUT2D eigenvalue weighted by Gasteiger charge is 2.06. The molecule has 0 aliphatic carbocycles. The first kappa shape index (κ1) is 10.2. The van der Waals surface area contributed by atoms with Gasteiger partial charge in [0, 0.05) is 18.9 Å². The standard InChI is InChI=1S/C9H11BrN2O/c1-7(10)9(13)12-6-8-3-2-4-11-5-8/h2-5,7H,6H2,1H3,(H,12,13). The Kier molecular flexibility index (Phi) is 3.89. The average Bonchev–Trinajstić information content (AvgIpc) is 2.15. The summed E-state index contributed by atoms with van der Waals surface area (Å²) < 4.78 is 0. The van der Waals surface area contributed by atoms with E-state index >= 15 is 0 Å². The van der Waals surface area contributed by atoms with Gasteiger partial charge in [0.1, 0.15) is 0 Å². The lowest BCUT2D eigenvalue weighted by Gasteiger charge is -2.05. The van der Waals surface area contributed by atoms with E-state index in [0.29, 0.717) is 6.54 Å². The molecule has 1 unspecified atom stereocenters. The highest BCUT2D eigenvalue weighted by molar-refractivity contribution is 9.10. The number of rotatable bonds is 3. The summed E-state index contributed by atoms with van der Waals surface area (Å²) in [5.74, 6) is -0.0103. The van der Waals surface area contributed by atoms with Gasteiger partial charge < -0.3 is 5.32 Å². The molecule has 0 aliphatic heterocycles. The average molecular weight is 243 g/mol. The predicted molar refractivity (Wildman–Crippen MR) is 54.5 cm³/mol. The summed E-state index contributed by atoms with van der Waals surface area (Å²) in [6, 6.07) is 3.77. The number of alkyl halides is 1. The molecular formula is C9H11BrN2O. The maximum absolute atomic E-state index is 11.1. The zero-order valence-electron chi connectivity index (χ0n) is 7.33. The van der Waals surface area contributed by atoms with Crippen LogP contribution in [-0.2, 0) is 11.3 Å². The highest BCUT2D eigenvalue weighted by Crippen LogP contribution is 1.99. The lowest BCUT2D eigenvalue weighted by atomic mass is 10.3. The van der Waals surface area contributed by atoms with Crippen molar-refractivity contribution in [3.8, 4) is 0 Å². The van der Waals surface area contributed by atoms with Crippen molar-refractivity contribution in [3.05, 3.63) is 30.1 Å². The Morgan fingerprint density at radius 2 is 2.54 bits per heavy atom. The molecule has 0 fully saturated rings. The summed E-state index contributed by atoms with van der Waals surface area (Å²) in [5, 5.41) is 2.77. The number of pyridine rings is 1. The van der Waals surface area contributed by atoms with Gasteiger partial charge in [-0.3, -0.25) is 9.78 Å². The van der Waals surface area contributed by atoms with Crippen molar-refractivity contribution in [2.24, 2.45) is 0 Å². The van der Waals surface area contributed by atoms with E-state index in [0.717, 1.165) is 5.56 Å². The Balaban J connectivity index is 2.40. The van der Waals surface area contributed by atoms with Crippen molar-refractivity contribution in [1.29, 1.82) is 0 Å². The maximum Gasteiger partial charge on any atom is 0.233 e. The summed E-state index contributed by atoms with van der Waals surface area (Å²) in [5.41, 5.74) is 1.00. The predicted octanol–water partition coefficient (Wildman–Crippen LogP) is 1.48. The van der Waals surface area contributed by atoms with Crippen molar-refractivity contribution in [3.63, 3.8) is 0 Å². The lowest BCUT2D eigenvalue weighted by molar-refractivity contribution is -0.120. The molecule has 1 aromatic rings. The van der Waals surface area contributed by atoms with Crippen LogP contribution in [-0.4, -0.2) is 15.7 Å². The van der Waals surface area contributed by atoms with Crippen molar-refractivity contribution in [2.45, 2.75) is 18.3 Å². The van der Waals surface area contributed by atoms with Gasteiger partial charge in [-0.05, 0) is 18.6 Å². The zero-order chi connectivity index (χ0) is 9.68. The van der Waals surface area contributed by atoms with E-state index < -0.39 is 0 Å².